The van der Waals surface area contributed by atoms with Crippen LogP contribution in [-0.4, -0.2) is 25.1 Å². The number of carbonyl (C=O) groups is 1. The summed E-state index contributed by atoms with van der Waals surface area (Å²) in [4.78, 5) is 17.0. The van der Waals surface area contributed by atoms with Gasteiger partial charge in [0.2, 0.25) is 0 Å². The molecule has 0 spiro atoms. The number of aromatic nitrogens is 1. The lowest BCUT2D eigenvalue weighted by Crippen LogP contribution is -2.12. The van der Waals surface area contributed by atoms with Gasteiger partial charge in [0.15, 0.2) is 5.13 Å². The Kier molecular flexibility index (Phi) is 5.00. The van der Waals surface area contributed by atoms with Crippen LogP contribution in [0.2, 0.25) is 0 Å². The van der Waals surface area contributed by atoms with Gasteiger partial charge >= 0.3 is 0 Å². The predicted octanol–water partition coefficient (Wildman–Crippen LogP) is 4.39. The Morgan fingerprint density at radius 2 is 1.84 bits per heavy atom. The summed E-state index contributed by atoms with van der Waals surface area (Å²) in [6.45, 7) is 2.01. The molecule has 3 rings (SSSR count). The fraction of sp³-hybridized carbons (Fsp3) is 0.158. The summed E-state index contributed by atoms with van der Waals surface area (Å²) < 4.78 is 10.6. The second-order valence-electron chi connectivity index (χ2n) is 5.40. The largest absolute Gasteiger partial charge is 0.496 e. The summed E-state index contributed by atoms with van der Waals surface area (Å²) in [6.07, 6.45) is 0. The normalized spacial score (nSPS) is 10.4. The number of nitrogens with one attached hydrogen (secondary N) is 1. The highest BCUT2D eigenvalue weighted by Gasteiger charge is 2.15. The monoisotopic (exact) mass is 354 g/mol. The van der Waals surface area contributed by atoms with Crippen molar-refractivity contribution < 1.29 is 14.3 Å². The van der Waals surface area contributed by atoms with E-state index in [1.165, 1.54) is 18.4 Å². The first-order chi connectivity index (χ1) is 12.1. The van der Waals surface area contributed by atoms with Gasteiger partial charge < -0.3 is 9.47 Å². The Morgan fingerprint density at radius 3 is 2.60 bits per heavy atom. The van der Waals surface area contributed by atoms with Crippen molar-refractivity contribution in [3.8, 4) is 22.8 Å². The number of methoxy groups -OCH3 is 2. The summed E-state index contributed by atoms with van der Waals surface area (Å²) in [5, 5.41) is 5.24. The number of hydrogen-bond acceptors (Lipinski definition) is 5. The Balaban J connectivity index is 1.85. The minimum absolute atomic E-state index is 0.255. The summed E-state index contributed by atoms with van der Waals surface area (Å²) in [7, 11) is 3.17. The van der Waals surface area contributed by atoms with Crippen LogP contribution in [0.1, 0.15) is 15.9 Å². The van der Waals surface area contributed by atoms with Gasteiger partial charge in [-0.2, -0.15) is 0 Å². The van der Waals surface area contributed by atoms with Crippen molar-refractivity contribution in [2.75, 3.05) is 19.5 Å². The van der Waals surface area contributed by atoms with E-state index >= 15 is 0 Å². The van der Waals surface area contributed by atoms with E-state index in [0.29, 0.717) is 16.4 Å². The molecule has 0 aliphatic rings. The Labute approximate surface area is 150 Å². The number of anilines is 1. The van der Waals surface area contributed by atoms with E-state index in [1.54, 1.807) is 25.3 Å². The van der Waals surface area contributed by atoms with Gasteiger partial charge in [-0.25, -0.2) is 4.98 Å². The molecule has 0 aliphatic carbocycles. The summed E-state index contributed by atoms with van der Waals surface area (Å²) in [5.41, 5.74) is 3.25. The third-order valence-corrected chi connectivity index (χ3v) is 4.46. The Morgan fingerprint density at radius 1 is 1.08 bits per heavy atom. The fourth-order valence-corrected chi connectivity index (χ4v) is 3.18. The van der Waals surface area contributed by atoms with E-state index in [0.717, 1.165) is 22.6 Å². The first kappa shape index (κ1) is 17.0. The lowest BCUT2D eigenvalue weighted by molar-refractivity contribution is 0.102. The predicted molar refractivity (Wildman–Crippen MR) is 99.8 cm³/mol. The van der Waals surface area contributed by atoms with Crippen LogP contribution in [0.5, 0.6) is 11.5 Å². The number of para-hydroxylation sites is 1. The number of rotatable bonds is 5. The molecule has 0 aliphatic heterocycles. The highest BCUT2D eigenvalue weighted by molar-refractivity contribution is 7.14. The molecular formula is C19H18N2O3S. The van der Waals surface area contributed by atoms with Gasteiger partial charge in [0.25, 0.3) is 5.91 Å². The highest BCUT2D eigenvalue weighted by Crippen LogP contribution is 2.33. The van der Waals surface area contributed by atoms with Crippen LogP contribution in [0, 0.1) is 6.92 Å². The van der Waals surface area contributed by atoms with Gasteiger partial charge in [-0.1, -0.05) is 23.8 Å². The molecule has 25 heavy (non-hydrogen) atoms. The standard InChI is InChI=1S/C19H18N2O3S/c1-12-8-9-17(24-3)14(10-12)15-11-25-19(20-15)21-18(22)13-6-4-5-7-16(13)23-2/h4-11H,1-3H3,(H,20,21,22). The van der Waals surface area contributed by atoms with E-state index in [9.17, 15) is 4.79 Å². The first-order valence-corrected chi connectivity index (χ1v) is 8.55. The molecular weight excluding hydrogens is 336 g/mol. The summed E-state index contributed by atoms with van der Waals surface area (Å²) in [6, 6.07) is 13.0. The zero-order valence-corrected chi connectivity index (χ0v) is 15.0. The molecule has 1 N–H and O–H groups in total. The second-order valence-corrected chi connectivity index (χ2v) is 6.25. The summed E-state index contributed by atoms with van der Waals surface area (Å²) in [5.74, 6) is 1.02. The second kappa shape index (κ2) is 7.36. The molecule has 128 valence electrons. The molecule has 1 heterocycles. The van der Waals surface area contributed by atoms with Crippen molar-refractivity contribution in [3.63, 3.8) is 0 Å². The quantitative estimate of drug-likeness (QED) is 0.738. The van der Waals surface area contributed by atoms with Gasteiger partial charge in [-0.3, -0.25) is 10.1 Å². The third kappa shape index (κ3) is 3.64. The van der Waals surface area contributed by atoms with Gasteiger partial charge in [-0.05, 0) is 31.2 Å². The number of ether oxygens (including phenoxy) is 2. The van der Waals surface area contributed by atoms with Crippen molar-refractivity contribution in [1.82, 2.24) is 4.98 Å². The van der Waals surface area contributed by atoms with E-state index in [1.807, 2.05) is 36.6 Å². The van der Waals surface area contributed by atoms with Gasteiger partial charge in [0.1, 0.15) is 11.5 Å². The van der Waals surface area contributed by atoms with Crippen LogP contribution in [0.15, 0.2) is 47.8 Å². The zero-order chi connectivity index (χ0) is 17.8. The van der Waals surface area contributed by atoms with Crippen LogP contribution in [-0.2, 0) is 0 Å². The fourth-order valence-electron chi connectivity index (χ4n) is 2.47. The molecule has 5 nitrogen and oxygen atoms in total. The van der Waals surface area contributed by atoms with E-state index in [2.05, 4.69) is 10.3 Å². The number of hydrogen-bond donors (Lipinski definition) is 1. The average Bonchev–Trinajstić information content (AvgIpc) is 3.09. The lowest BCUT2D eigenvalue weighted by Gasteiger charge is -2.08. The molecule has 1 aromatic heterocycles. The molecule has 0 fully saturated rings. The molecule has 0 saturated carbocycles. The molecule has 0 bridgehead atoms. The number of benzene rings is 2. The average molecular weight is 354 g/mol. The first-order valence-electron chi connectivity index (χ1n) is 7.67. The number of thiazole rings is 1. The van der Waals surface area contributed by atoms with Crippen molar-refractivity contribution in [2.24, 2.45) is 0 Å². The molecule has 0 radical (unpaired) electrons. The Hall–Kier alpha value is -2.86. The smallest absolute Gasteiger partial charge is 0.261 e. The van der Waals surface area contributed by atoms with Crippen LogP contribution in [0.25, 0.3) is 11.3 Å². The van der Waals surface area contributed by atoms with Crippen molar-refractivity contribution in [1.29, 1.82) is 0 Å². The topological polar surface area (TPSA) is 60.5 Å². The van der Waals surface area contributed by atoms with Crippen LogP contribution >= 0.6 is 11.3 Å². The zero-order valence-electron chi connectivity index (χ0n) is 14.2. The molecule has 0 saturated heterocycles. The number of aryl methyl sites for hydroxylation is 1. The number of amides is 1. The van der Waals surface area contributed by atoms with Crippen molar-refractivity contribution in [3.05, 3.63) is 59.0 Å². The maximum absolute atomic E-state index is 12.5. The van der Waals surface area contributed by atoms with Crippen LogP contribution in [0.3, 0.4) is 0 Å². The van der Waals surface area contributed by atoms with Crippen LogP contribution < -0.4 is 14.8 Å². The van der Waals surface area contributed by atoms with E-state index in [-0.39, 0.29) is 5.91 Å². The Bertz CT molecular complexity index is 905. The van der Waals surface area contributed by atoms with Gasteiger partial charge in [0.05, 0.1) is 25.5 Å². The molecule has 0 unspecified atom stereocenters. The minimum atomic E-state index is -0.255. The van der Waals surface area contributed by atoms with Gasteiger partial charge in [-0.15, -0.1) is 11.3 Å². The molecule has 1 amide bonds. The minimum Gasteiger partial charge on any atom is -0.496 e. The maximum atomic E-state index is 12.5. The van der Waals surface area contributed by atoms with Gasteiger partial charge in [0, 0.05) is 10.9 Å². The third-order valence-electron chi connectivity index (χ3n) is 3.71. The molecule has 2 aromatic carbocycles. The maximum Gasteiger partial charge on any atom is 0.261 e. The molecule has 3 aromatic rings. The van der Waals surface area contributed by atoms with Crippen LogP contribution in [0.4, 0.5) is 5.13 Å². The number of carbonyl (C=O) groups excluding carboxylic acids is 1. The van der Waals surface area contributed by atoms with Crippen molar-refractivity contribution in [2.45, 2.75) is 6.92 Å². The van der Waals surface area contributed by atoms with E-state index in [4.69, 9.17) is 9.47 Å². The van der Waals surface area contributed by atoms with E-state index < -0.39 is 0 Å². The van der Waals surface area contributed by atoms with Crippen molar-refractivity contribution >= 4 is 22.4 Å². The highest BCUT2D eigenvalue weighted by atomic mass is 32.1. The number of nitrogens with zero attached hydrogens (tertiary/aromatic N) is 1. The summed E-state index contributed by atoms with van der Waals surface area (Å²) >= 11 is 1.37. The lowest BCUT2D eigenvalue weighted by atomic mass is 10.1. The molecule has 6 heteroatoms. The molecule has 0 atom stereocenters. The SMILES string of the molecule is COc1ccccc1C(=O)Nc1nc(-c2cc(C)ccc2OC)cs1.